The van der Waals surface area contributed by atoms with Gasteiger partial charge in [-0.2, -0.15) is 0 Å². The Hall–Kier alpha value is -0.950. The van der Waals surface area contributed by atoms with E-state index in [1.54, 1.807) is 0 Å². The van der Waals surface area contributed by atoms with E-state index in [2.05, 4.69) is 31.9 Å². The molecule has 1 aromatic carbocycles. The summed E-state index contributed by atoms with van der Waals surface area (Å²) in [5, 5.41) is 19.2. The zero-order valence-electron chi connectivity index (χ0n) is 7.84. The Labute approximate surface area is 108 Å². The number of hydrogen-bond acceptors (Lipinski definition) is 3. The minimum Gasteiger partial charge on any atom is -0.480 e. The molecular formula is C9H7Br2NO4. The summed E-state index contributed by atoms with van der Waals surface area (Å²) in [6.07, 6.45) is 0. The molecule has 0 unspecified atom stereocenters. The molecule has 0 fully saturated rings. The van der Waals surface area contributed by atoms with Gasteiger partial charge >= 0.3 is 5.97 Å². The second-order valence-corrected chi connectivity index (χ2v) is 4.96. The van der Waals surface area contributed by atoms with Gasteiger partial charge in [-0.1, -0.05) is 44.0 Å². The van der Waals surface area contributed by atoms with Gasteiger partial charge in [-0.15, -0.1) is 0 Å². The van der Waals surface area contributed by atoms with E-state index in [1.807, 2.05) is 0 Å². The molecule has 2 atom stereocenters. The summed E-state index contributed by atoms with van der Waals surface area (Å²) in [6.45, 7) is 0. The lowest BCUT2D eigenvalue weighted by Gasteiger charge is -2.12. The molecule has 1 aromatic rings. The highest BCUT2D eigenvalue weighted by atomic mass is 79.9. The van der Waals surface area contributed by atoms with E-state index in [0.29, 0.717) is 5.56 Å². The van der Waals surface area contributed by atoms with Crippen molar-refractivity contribution in [3.8, 4) is 0 Å². The van der Waals surface area contributed by atoms with E-state index in [-0.39, 0.29) is 5.69 Å². The van der Waals surface area contributed by atoms with Gasteiger partial charge in [0.15, 0.2) is 0 Å². The van der Waals surface area contributed by atoms with E-state index < -0.39 is 20.5 Å². The molecule has 0 saturated heterocycles. The van der Waals surface area contributed by atoms with Crippen LogP contribution < -0.4 is 0 Å². The number of nitro groups is 1. The Morgan fingerprint density at radius 3 is 2.19 bits per heavy atom. The van der Waals surface area contributed by atoms with Gasteiger partial charge in [0.05, 0.1) is 9.75 Å². The topological polar surface area (TPSA) is 80.4 Å². The summed E-state index contributed by atoms with van der Waals surface area (Å²) in [7, 11) is 0. The molecule has 0 aliphatic rings. The van der Waals surface area contributed by atoms with Crippen molar-refractivity contribution >= 4 is 43.5 Å². The van der Waals surface area contributed by atoms with Crippen LogP contribution in [0.3, 0.4) is 0 Å². The largest absolute Gasteiger partial charge is 0.480 e. The monoisotopic (exact) mass is 351 g/mol. The van der Waals surface area contributed by atoms with E-state index in [0.717, 1.165) is 0 Å². The normalized spacial score (nSPS) is 14.1. The number of nitrogens with zero attached hydrogens (tertiary/aromatic N) is 1. The Kier molecular flexibility index (Phi) is 4.43. The Morgan fingerprint density at radius 2 is 1.81 bits per heavy atom. The summed E-state index contributed by atoms with van der Waals surface area (Å²) in [4.78, 5) is 19.4. The van der Waals surface area contributed by atoms with Gasteiger partial charge in [0.25, 0.3) is 5.69 Å². The third-order valence-electron chi connectivity index (χ3n) is 1.92. The van der Waals surface area contributed by atoms with Gasteiger partial charge in [0, 0.05) is 12.1 Å². The molecule has 1 N–H and O–H groups in total. The van der Waals surface area contributed by atoms with Crippen LogP contribution in [0, 0.1) is 10.1 Å². The van der Waals surface area contributed by atoms with Gasteiger partial charge in [0.1, 0.15) is 4.83 Å². The van der Waals surface area contributed by atoms with Crippen molar-refractivity contribution in [1.82, 2.24) is 0 Å². The van der Waals surface area contributed by atoms with Crippen LogP contribution in [0.15, 0.2) is 24.3 Å². The first kappa shape index (κ1) is 13.1. The second-order valence-electron chi connectivity index (χ2n) is 2.99. The quantitative estimate of drug-likeness (QED) is 0.513. The zero-order valence-corrected chi connectivity index (χ0v) is 11.0. The molecule has 1 rings (SSSR count). The van der Waals surface area contributed by atoms with Crippen molar-refractivity contribution in [3.63, 3.8) is 0 Å². The molecule has 0 aliphatic carbocycles. The number of alkyl halides is 2. The smallest absolute Gasteiger partial charge is 0.318 e. The van der Waals surface area contributed by atoms with Crippen LogP contribution in [0.5, 0.6) is 0 Å². The highest BCUT2D eigenvalue weighted by molar-refractivity contribution is 9.12. The van der Waals surface area contributed by atoms with Crippen molar-refractivity contribution in [3.05, 3.63) is 39.9 Å². The minimum absolute atomic E-state index is 0.0232. The molecule has 0 heterocycles. The molecule has 0 radical (unpaired) electrons. The zero-order chi connectivity index (χ0) is 12.3. The van der Waals surface area contributed by atoms with E-state index in [1.165, 1.54) is 24.3 Å². The van der Waals surface area contributed by atoms with Crippen molar-refractivity contribution in [2.75, 3.05) is 0 Å². The predicted octanol–water partition coefficient (Wildman–Crippen LogP) is 2.88. The molecule has 0 amide bonds. The molecule has 86 valence electrons. The van der Waals surface area contributed by atoms with E-state index >= 15 is 0 Å². The summed E-state index contributed by atoms with van der Waals surface area (Å²) in [5.41, 5.74) is 0.639. The number of aliphatic carboxylic acids is 1. The third-order valence-corrected chi connectivity index (χ3v) is 4.60. The number of benzene rings is 1. The van der Waals surface area contributed by atoms with Crippen LogP contribution >= 0.6 is 31.9 Å². The first-order valence-electron chi connectivity index (χ1n) is 4.18. The Bertz CT molecular complexity index is 406. The first-order valence-corrected chi connectivity index (χ1v) is 6.02. The van der Waals surface area contributed by atoms with Gasteiger partial charge in [-0.25, -0.2) is 0 Å². The van der Waals surface area contributed by atoms with Crippen LogP contribution in [0.25, 0.3) is 0 Å². The fraction of sp³-hybridized carbons (Fsp3) is 0.222. The average molecular weight is 353 g/mol. The maximum Gasteiger partial charge on any atom is 0.318 e. The van der Waals surface area contributed by atoms with Crippen LogP contribution in [0.4, 0.5) is 5.69 Å². The average Bonchev–Trinajstić information content (AvgIpc) is 2.27. The maximum atomic E-state index is 10.7. The number of nitro benzene ring substituents is 1. The number of rotatable bonds is 4. The number of carbonyl (C=O) groups is 1. The molecule has 5 nitrogen and oxygen atoms in total. The molecule has 0 aromatic heterocycles. The van der Waals surface area contributed by atoms with Crippen LogP contribution in [-0.4, -0.2) is 20.8 Å². The predicted molar refractivity (Wildman–Crippen MR) is 65.1 cm³/mol. The van der Waals surface area contributed by atoms with Crippen molar-refractivity contribution in [1.29, 1.82) is 0 Å². The number of halogens is 2. The fourth-order valence-corrected chi connectivity index (χ4v) is 1.91. The number of carboxylic acid groups (broad SMARTS) is 1. The second kappa shape index (κ2) is 5.40. The van der Waals surface area contributed by atoms with Crippen LogP contribution in [0.2, 0.25) is 0 Å². The standard InChI is InChI=1S/C9H7Br2NO4/c10-7(8(11)9(13)14)5-1-3-6(4-2-5)12(15)16/h1-4,7-8H,(H,13,14)/t7-,8-/m1/s1. The molecule has 0 spiro atoms. The van der Waals surface area contributed by atoms with E-state index in [4.69, 9.17) is 5.11 Å². The lowest BCUT2D eigenvalue weighted by molar-refractivity contribution is -0.384. The molecule has 0 saturated carbocycles. The molecule has 16 heavy (non-hydrogen) atoms. The maximum absolute atomic E-state index is 10.7. The minimum atomic E-state index is -1.000. The Morgan fingerprint density at radius 1 is 1.31 bits per heavy atom. The number of non-ortho nitro benzene ring substituents is 1. The first-order chi connectivity index (χ1) is 7.43. The molecular weight excluding hydrogens is 346 g/mol. The number of hydrogen-bond donors (Lipinski definition) is 1. The third kappa shape index (κ3) is 3.02. The summed E-state index contributed by atoms with van der Waals surface area (Å²) in [5.74, 6) is -1.000. The highest BCUT2D eigenvalue weighted by Crippen LogP contribution is 2.32. The van der Waals surface area contributed by atoms with Gasteiger partial charge < -0.3 is 5.11 Å². The molecule has 7 heteroatoms. The lowest BCUT2D eigenvalue weighted by Crippen LogP contribution is -2.17. The highest BCUT2D eigenvalue weighted by Gasteiger charge is 2.24. The van der Waals surface area contributed by atoms with Crippen molar-refractivity contribution < 1.29 is 14.8 Å². The van der Waals surface area contributed by atoms with Gasteiger partial charge in [-0.3, -0.25) is 14.9 Å². The summed E-state index contributed by atoms with van der Waals surface area (Å²) >= 11 is 6.23. The van der Waals surface area contributed by atoms with Crippen molar-refractivity contribution in [2.45, 2.75) is 9.65 Å². The van der Waals surface area contributed by atoms with Gasteiger partial charge in [-0.05, 0) is 5.56 Å². The van der Waals surface area contributed by atoms with Crippen LogP contribution in [-0.2, 0) is 4.79 Å². The molecule has 0 bridgehead atoms. The van der Waals surface area contributed by atoms with E-state index in [9.17, 15) is 14.9 Å². The number of carboxylic acids is 1. The SMILES string of the molecule is O=C(O)[C@H](Br)[C@H](Br)c1ccc([N+](=O)[O-])cc1. The van der Waals surface area contributed by atoms with Gasteiger partial charge in [0.2, 0.25) is 0 Å². The lowest BCUT2D eigenvalue weighted by atomic mass is 10.1. The Balaban J connectivity index is 2.89. The summed E-state index contributed by atoms with van der Waals surface area (Å²) in [6, 6.07) is 5.72. The van der Waals surface area contributed by atoms with Crippen LogP contribution in [0.1, 0.15) is 10.4 Å². The fourth-order valence-electron chi connectivity index (χ4n) is 1.07. The van der Waals surface area contributed by atoms with Crippen molar-refractivity contribution in [2.24, 2.45) is 0 Å². The summed E-state index contributed by atoms with van der Waals surface area (Å²) < 4.78 is 0. The molecule has 0 aliphatic heterocycles.